The molecule has 1 amide bonds. The van der Waals surface area contributed by atoms with Crippen LogP contribution in [0.4, 0.5) is 0 Å². The zero-order valence-corrected chi connectivity index (χ0v) is 14.4. The second-order valence-corrected chi connectivity index (χ2v) is 6.26. The predicted molar refractivity (Wildman–Crippen MR) is 92.7 cm³/mol. The molecule has 0 bridgehead atoms. The number of nitrogens with one attached hydrogen (secondary N) is 1. The van der Waals surface area contributed by atoms with Crippen LogP contribution in [0.25, 0.3) is 0 Å². The van der Waals surface area contributed by atoms with E-state index >= 15 is 0 Å². The van der Waals surface area contributed by atoms with Crippen molar-refractivity contribution in [3.63, 3.8) is 0 Å². The van der Waals surface area contributed by atoms with Crippen LogP contribution in [0.3, 0.4) is 0 Å². The Balaban J connectivity index is 1.65. The minimum absolute atomic E-state index is 0.147. The van der Waals surface area contributed by atoms with Crippen molar-refractivity contribution < 1.29 is 4.79 Å². The highest BCUT2D eigenvalue weighted by atomic mass is 16.2. The first-order valence-corrected chi connectivity index (χ1v) is 8.60. The molecule has 2 heterocycles. The number of carbonyl (C=O) groups is 1. The topological polar surface area (TPSA) is 63.1 Å². The van der Waals surface area contributed by atoms with Crippen LogP contribution in [0, 0.1) is 0 Å². The van der Waals surface area contributed by atoms with Gasteiger partial charge in [-0.05, 0) is 26.0 Å². The molecule has 0 aliphatic carbocycles. The van der Waals surface area contributed by atoms with Crippen LogP contribution in [-0.2, 0) is 30.6 Å². The van der Waals surface area contributed by atoms with E-state index in [1.54, 1.807) is 0 Å². The summed E-state index contributed by atoms with van der Waals surface area (Å²) in [6.45, 7) is 4.10. The van der Waals surface area contributed by atoms with E-state index in [1.165, 1.54) is 5.56 Å². The van der Waals surface area contributed by atoms with Gasteiger partial charge in [0.1, 0.15) is 11.6 Å². The number of aryl methyl sites for hydroxylation is 2. The van der Waals surface area contributed by atoms with Gasteiger partial charge in [-0.3, -0.25) is 4.79 Å². The Hall–Kier alpha value is -2.21. The highest BCUT2D eigenvalue weighted by Crippen LogP contribution is 2.13. The lowest BCUT2D eigenvalue weighted by atomic mass is 10.1. The molecule has 1 aromatic carbocycles. The third kappa shape index (κ3) is 3.64. The minimum Gasteiger partial charge on any atom is -0.339 e. The van der Waals surface area contributed by atoms with Crippen molar-refractivity contribution in [2.45, 2.75) is 38.8 Å². The van der Waals surface area contributed by atoms with Crippen LogP contribution >= 0.6 is 0 Å². The summed E-state index contributed by atoms with van der Waals surface area (Å²) in [7, 11) is 1.82. The average Bonchev–Trinajstić information content (AvgIpc) is 2.89. The molecule has 0 saturated heterocycles. The molecule has 1 aliphatic rings. The SMILES string of the molecule is CN[C@@H](C)C(=O)N1CCc2nnc(CCc3ccccc3)n2CC1. The Morgan fingerprint density at radius 1 is 1.17 bits per heavy atom. The molecule has 1 atom stereocenters. The first-order chi connectivity index (χ1) is 11.7. The summed E-state index contributed by atoms with van der Waals surface area (Å²) in [5.41, 5.74) is 1.31. The molecular formula is C18H25N5O. The van der Waals surface area contributed by atoms with Crippen LogP contribution in [0.5, 0.6) is 0 Å². The van der Waals surface area contributed by atoms with Crippen molar-refractivity contribution in [2.24, 2.45) is 0 Å². The van der Waals surface area contributed by atoms with Gasteiger partial charge in [0, 0.05) is 32.5 Å². The minimum atomic E-state index is -0.147. The van der Waals surface area contributed by atoms with Crippen LogP contribution in [0.1, 0.15) is 24.1 Å². The maximum absolute atomic E-state index is 12.4. The molecule has 0 radical (unpaired) electrons. The van der Waals surface area contributed by atoms with Gasteiger partial charge in [0.2, 0.25) is 5.91 Å². The number of benzene rings is 1. The molecule has 0 fully saturated rings. The van der Waals surface area contributed by atoms with E-state index in [-0.39, 0.29) is 11.9 Å². The molecule has 1 aromatic heterocycles. The van der Waals surface area contributed by atoms with Gasteiger partial charge in [0.05, 0.1) is 6.04 Å². The van der Waals surface area contributed by atoms with E-state index < -0.39 is 0 Å². The number of carbonyl (C=O) groups excluding carboxylic acids is 1. The van der Waals surface area contributed by atoms with E-state index in [0.717, 1.165) is 37.5 Å². The largest absolute Gasteiger partial charge is 0.339 e. The second kappa shape index (κ2) is 7.57. The number of amides is 1. The fourth-order valence-corrected chi connectivity index (χ4v) is 3.09. The van der Waals surface area contributed by atoms with E-state index in [1.807, 2.05) is 24.9 Å². The van der Waals surface area contributed by atoms with Gasteiger partial charge in [-0.1, -0.05) is 30.3 Å². The molecule has 1 aliphatic heterocycles. The van der Waals surface area contributed by atoms with E-state index in [0.29, 0.717) is 13.1 Å². The van der Waals surface area contributed by atoms with Crippen molar-refractivity contribution >= 4 is 5.91 Å². The summed E-state index contributed by atoms with van der Waals surface area (Å²) in [6, 6.07) is 10.3. The standard InChI is InChI=1S/C18H25N5O/c1-14(19-2)18(24)22-11-10-17-21-20-16(23(17)13-12-22)9-8-15-6-4-3-5-7-15/h3-7,14,19H,8-13H2,1-2H3/t14-/m0/s1. The van der Waals surface area contributed by atoms with Crippen LogP contribution in [0.2, 0.25) is 0 Å². The number of hydrogen-bond acceptors (Lipinski definition) is 4. The lowest BCUT2D eigenvalue weighted by molar-refractivity contribution is -0.132. The van der Waals surface area contributed by atoms with Gasteiger partial charge in [-0.2, -0.15) is 0 Å². The molecule has 0 unspecified atom stereocenters. The summed E-state index contributed by atoms with van der Waals surface area (Å²) in [6.07, 6.45) is 2.59. The van der Waals surface area contributed by atoms with Gasteiger partial charge in [0.15, 0.2) is 0 Å². The van der Waals surface area contributed by atoms with Crippen LogP contribution < -0.4 is 5.32 Å². The van der Waals surface area contributed by atoms with E-state index in [2.05, 4.69) is 44.3 Å². The molecule has 128 valence electrons. The van der Waals surface area contributed by atoms with Gasteiger partial charge in [-0.15, -0.1) is 10.2 Å². The molecule has 3 rings (SSSR count). The maximum Gasteiger partial charge on any atom is 0.239 e. The smallest absolute Gasteiger partial charge is 0.239 e. The Kier molecular flexibility index (Phi) is 5.25. The van der Waals surface area contributed by atoms with E-state index in [4.69, 9.17) is 0 Å². The Labute approximate surface area is 142 Å². The highest BCUT2D eigenvalue weighted by molar-refractivity contribution is 5.81. The summed E-state index contributed by atoms with van der Waals surface area (Å²) in [5, 5.41) is 11.7. The third-order valence-electron chi connectivity index (χ3n) is 4.70. The quantitative estimate of drug-likeness (QED) is 0.892. The zero-order valence-electron chi connectivity index (χ0n) is 14.4. The van der Waals surface area contributed by atoms with Gasteiger partial charge < -0.3 is 14.8 Å². The third-order valence-corrected chi connectivity index (χ3v) is 4.70. The number of rotatable bonds is 5. The van der Waals surface area contributed by atoms with Crippen LogP contribution in [0.15, 0.2) is 30.3 Å². The molecule has 1 N–H and O–H groups in total. The fourth-order valence-electron chi connectivity index (χ4n) is 3.09. The van der Waals surface area contributed by atoms with Crippen molar-refractivity contribution in [1.29, 1.82) is 0 Å². The molecule has 24 heavy (non-hydrogen) atoms. The molecule has 2 aromatic rings. The van der Waals surface area contributed by atoms with Crippen LogP contribution in [-0.4, -0.2) is 51.8 Å². The highest BCUT2D eigenvalue weighted by Gasteiger charge is 2.24. The van der Waals surface area contributed by atoms with Crippen molar-refractivity contribution in [2.75, 3.05) is 20.1 Å². The molecule has 6 heteroatoms. The number of nitrogens with zero attached hydrogens (tertiary/aromatic N) is 4. The summed E-state index contributed by atoms with van der Waals surface area (Å²) in [5.74, 6) is 2.16. The van der Waals surface area contributed by atoms with Crippen molar-refractivity contribution in [1.82, 2.24) is 25.0 Å². The number of aromatic nitrogens is 3. The van der Waals surface area contributed by atoms with Gasteiger partial charge in [0.25, 0.3) is 0 Å². The monoisotopic (exact) mass is 327 g/mol. The normalized spacial score (nSPS) is 15.7. The number of hydrogen-bond donors (Lipinski definition) is 1. The van der Waals surface area contributed by atoms with Crippen molar-refractivity contribution in [3.8, 4) is 0 Å². The molecule has 0 spiro atoms. The number of fused-ring (bicyclic) bond motifs is 1. The molecular weight excluding hydrogens is 302 g/mol. The summed E-state index contributed by atoms with van der Waals surface area (Å²) >= 11 is 0. The van der Waals surface area contributed by atoms with Gasteiger partial charge >= 0.3 is 0 Å². The lowest BCUT2D eigenvalue weighted by Gasteiger charge is -2.23. The van der Waals surface area contributed by atoms with Crippen molar-refractivity contribution in [3.05, 3.63) is 47.5 Å². The average molecular weight is 327 g/mol. The second-order valence-electron chi connectivity index (χ2n) is 6.26. The number of likely N-dealkylation sites (N-methyl/N-ethyl adjacent to an activating group) is 1. The fraction of sp³-hybridized carbons (Fsp3) is 0.500. The first kappa shape index (κ1) is 16.6. The maximum atomic E-state index is 12.4. The Morgan fingerprint density at radius 3 is 2.71 bits per heavy atom. The zero-order chi connectivity index (χ0) is 16.9. The first-order valence-electron chi connectivity index (χ1n) is 8.60. The Bertz CT molecular complexity index is 682. The predicted octanol–water partition coefficient (Wildman–Crippen LogP) is 1.06. The summed E-state index contributed by atoms with van der Waals surface area (Å²) < 4.78 is 2.19. The molecule has 6 nitrogen and oxygen atoms in total. The van der Waals surface area contributed by atoms with Gasteiger partial charge in [-0.25, -0.2) is 0 Å². The summed E-state index contributed by atoms with van der Waals surface area (Å²) in [4.78, 5) is 14.3. The lowest BCUT2D eigenvalue weighted by Crippen LogP contribution is -2.44. The van der Waals surface area contributed by atoms with E-state index in [9.17, 15) is 4.79 Å². The molecule has 0 saturated carbocycles. The Morgan fingerprint density at radius 2 is 1.96 bits per heavy atom.